The van der Waals surface area contributed by atoms with Gasteiger partial charge in [-0.25, -0.2) is 13.1 Å². The van der Waals surface area contributed by atoms with Crippen molar-refractivity contribution >= 4 is 31.9 Å². The van der Waals surface area contributed by atoms with Crippen molar-refractivity contribution in [1.82, 2.24) is 10.0 Å². The van der Waals surface area contributed by atoms with Gasteiger partial charge in [0.15, 0.2) is 0 Å². The van der Waals surface area contributed by atoms with E-state index in [1.54, 1.807) is 0 Å². The topological polar surface area (TPSA) is 75.3 Å². The average Bonchev–Trinajstić information content (AvgIpc) is 2.27. The maximum atomic E-state index is 11.4. The lowest BCUT2D eigenvalue weighted by Crippen LogP contribution is -2.34. The minimum Gasteiger partial charge on any atom is -0.351 e. The number of aryl methyl sites for hydroxylation is 1. The lowest BCUT2D eigenvalue weighted by molar-refractivity contribution is -0.118. The third-order valence-electron chi connectivity index (χ3n) is 2.41. The highest BCUT2D eigenvalue weighted by Gasteiger charge is 2.13. The fourth-order valence-electron chi connectivity index (χ4n) is 1.35. The molecule has 0 heterocycles. The highest BCUT2D eigenvalue weighted by molar-refractivity contribution is 9.10. The average molecular weight is 335 g/mol. The SMILES string of the molecule is CNS(=O)(=O)CC(=O)NCc1ccc(Br)cc1C. The van der Waals surface area contributed by atoms with Gasteiger partial charge in [-0.05, 0) is 37.2 Å². The first-order valence-electron chi connectivity index (χ1n) is 5.27. The normalized spacial score (nSPS) is 11.3. The Hall–Kier alpha value is -0.920. The molecular weight excluding hydrogens is 320 g/mol. The fourth-order valence-corrected chi connectivity index (χ4v) is 2.41. The second kappa shape index (κ2) is 6.31. The summed E-state index contributed by atoms with van der Waals surface area (Å²) in [4.78, 5) is 11.4. The van der Waals surface area contributed by atoms with Gasteiger partial charge in [0.1, 0.15) is 5.75 Å². The van der Waals surface area contributed by atoms with E-state index in [2.05, 4.69) is 26.0 Å². The van der Waals surface area contributed by atoms with Crippen LogP contribution >= 0.6 is 15.9 Å². The van der Waals surface area contributed by atoms with Crippen molar-refractivity contribution in [1.29, 1.82) is 0 Å². The van der Waals surface area contributed by atoms with E-state index < -0.39 is 21.7 Å². The van der Waals surface area contributed by atoms with Crippen LogP contribution in [0.25, 0.3) is 0 Å². The van der Waals surface area contributed by atoms with Crippen molar-refractivity contribution in [2.24, 2.45) is 0 Å². The first-order chi connectivity index (χ1) is 8.34. The summed E-state index contributed by atoms with van der Waals surface area (Å²) in [6.45, 7) is 2.24. The predicted octanol–water partition coefficient (Wildman–Crippen LogP) is 0.923. The van der Waals surface area contributed by atoms with Crippen LogP contribution in [0.3, 0.4) is 0 Å². The van der Waals surface area contributed by atoms with Gasteiger partial charge in [0.25, 0.3) is 0 Å². The molecule has 0 bridgehead atoms. The molecule has 0 fully saturated rings. The summed E-state index contributed by atoms with van der Waals surface area (Å²) in [5.74, 6) is -1.08. The summed E-state index contributed by atoms with van der Waals surface area (Å²) < 4.78 is 25.4. The minimum absolute atomic E-state index is 0.317. The van der Waals surface area contributed by atoms with E-state index in [4.69, 9.17) is 0 Å². The molecule has 0 saturated heterocycles. The van der Waals surface area contributed by atoms with Crippen LogP contribution in [0, 0.1) is 6.92 Å². The molecule has 1 aromatic rings. The smallest absolute Gasteiger partial charge is 0.236 e. The van der Waals surface area contributed by atoms with Crippen molar-refractivity contribution in [2.45, 2.75) is 13.5 Å². The lowest BCUT2D eigenvalue weighted by atomic mass is 10.1. The van der Waals surface area contributed by atoms with E-state index in [-0.39, 0.29) is 0 Å². The molecule has 18 heavy (non-hydrogen) atoms. The molecular formula is C11H15BrN2O3S. The molecule has 7 heteroatoms. The van der Waals surface area contributed by atoms with E-state index in [9.17, 15) is 13.2 Å². The molecule has 0 radical (unpaired) electrons. The van der Waals surface area contributed by atoms with Crippen LogP contribution in [0.5, 0.6) is 0 Å². The van der Waals surface area contributed by atoms with Gasteiger partial charge in [-0.15, -0.1) is 0 Å². The predicted molar refractivity (Wildman–Crippen MR) is 73.6 cm³/mol. The summed E-state index contributed by atoms with van der Waals surface area (Å²) >= 11 is 3.35. The molecule has 5 nitrogen and oxygen atoms in total. The van der Waals surface area contributed by atoms with E-state index in [1.165, 1.54) is 7.05 Å². The summed E-state index contributed by atoms with van der Waals surface area (Å²) in [5, 5.41) is 2.58. The Morgan fingerprint density at radius 3 is 2.61 bits per heavy atom. The summed E-state index contributed by atoms with van der Waals surface area (Å²) in [6.07, 6.45) is 0. The molecule has 1 aromatic carbocycles. The molecule has 0 aliphatic heterocycles. The third-order valence-corrected chi connectivity index (χ3v) is 4.17. The molecule has 0 unspecified atom stereocenters. The maximum Gasteiger partial charge on any atom is 0.236 e. The van der Waals surface area contributed by atoms with Crippen LogP contribution in [0.15, 0.2) is 22.7 Å². The number of carbonyl (C=O) groups is 1. The second-order valence-corrected chi connectivity index (χ2v) is 6.65. The third kappa shape index (κ3) is 4.75. The maximum absolute atomic E-state index is 11.4. The van der Waals surface area contributed by atoms with Crippen LogP contribution in [-0.2, 0) is 21.4 Å². The van der Waals surface area contributed by atoms with Crippen LogP contribution in [-0.4, -0.2) is 27.1 Å². The van der Waals surface area contributed by atoms with Gasteiger partial charge < -0.3 is 5.32 Å². The van der Waals surface area contributed by atoms with Gasteiger partial charge in [-0.1, -0.05) is 22.0 Å². The Bertz CT molecular complexity index is 543. The van der Waals surface area contributed by atoms with Crippen molar-refractivity contribution in [3.05, 3.63) is 33.8 Å². The first kappa shape index (κ1) is 15.1. The van der Waals surface area contributed by atoms with Crippen LogP contribution in [0.2, 0.25) is 0 Å². The monoisotopic (exact) mass is 334 g/mol. The second-order valence-electron chi connectivity index (χ2n) is 3.81. The molecule has 0 saturated carbocycles. The Balaban J connectivity index is 2.58. The van der Waals surface area contributed by atoms with Crippen LogP contribution in [0.4, 0.5) is 0 Å². The van der Waals surface area contributed by atoms with E-state index in [0.29, 0.717) is 6.54 Å². The molecule has 0 aliphatic rings. The Labute approximate surface area is 115 Å². The number of benzene rings is 1. The highest BCUT2D eigenvalue weighted by Crippen LogP contribution is 2.15. The number of amides is 1. The van der Waals surface area contributed by atoms with Crippen molar-refractivity contribution in [3.8, 4) is 0 Å². The quantitative estimate of drug-likeness (QED) is 0.840. The molecule has 0 atom stereocenters. The number of halogens is 1. The minimum atomic E-state index is -3.51. The summed E-state index contributed by atoms with van der Waals surface area (Å²) in [6, 6.07) is 5.69. The first-order valence-corrected chi connectivity index (χ1v) is 7.71. The molecule has 0 spiro atoms. The number of rotatable bonds is 5. The lowest BCUT2D eigenvalue weighted by Gasteiger charge is -2.08. The molecule has 0 aromatic heterocycles. The fraction of sp³-hybridized carbons (Fsp3) is 0.364. The number of hydrogen-bond donors (Lipinski definition) is 2. The summed E-state index contributed by atoms with van der Waals surface area (Å²) in [7, 11) is -2.23. The van der Waals surface area contributed by atoms with Crippen LogP contribution in [0.1, 0.15) is 11.1 Å². The van der Waals surface area contributed by atoms with E-state index in [1.807, 2.05) is 25.1 Å². The Morgan fingerprint density at radius 2 is 2.06 bits per heavy atom. The number of carbonyl (C=O) groups excluding carboxylic acids is 1. The Kier molecular flexibility index (Phi) is 5.30. The summed E-state index contributed by atoms with van der Waals surface area (Å²) in [5.41, 5.74) is 1.98. The van der Waals surface area contributed by atoms with Crippen LogP contribution < -0.4 is 10.0 Å². The van der Waals surface area contributed by atoms with Crippen molar-refractivity contribution < 1.29 is 13.2 Å². The standard InChI is InChI=1S/C11H15BrN2O3S/c1-8-5-10(12)4-3-9(8)6-14-11(15)7-18(16,17)13-2/h3-5,13H,6-7H2,1-2H3,(H,14,15). The van der Waals surface area contributed by atoms with Crippen molar-refractivity contribution in [3.63, 3.8) is 0 Å². The molecule has 1 rings (SSSR count). The molecule has 1 amide bonds. The zero-order chi connectivity index (χ0) is 13.8. The zero-order valence-electron chi connectivity index (χ0n) is 10.2. The zero-order valence-corrected chi connectivity index (χ0v) is 12.6. The molecule has 2 N–H and O–H groups in total. The Morgan fingerprint density at radius 1 is 1.39 bits per heavy atom. The van der Waals surface area contributed by atoms with Gasteiger partial charge >= 0.3 is 0 Å². The van der Waals surface area contributed by atoms with Gasteiger partial charge in [-0.3, -0.25) is 4.79 Å². The van der Waals surface area contributed by atoms with Gasteiger partial charge in [0.2, 0.25) is 15.9 Å². The number of sulfonamides is 1. The number of hydrogen-bond acceptors (Lipinski definition) is 3. The highest BCUT2D eigenvalue weighted by atomic mass is 79.9. The van der Waals surface area contributed by atoms with Gasteiger partial charge in [0.05, 0.1) is 0 Å². The van der Waals surface area contributed by atoms with Gasteiger partial charge in [0, 0.05) is 11.0 Å². The number of nitrogens with one attached hydrogen (secondary N) is 2. The van der Waals surface area contributed by atoms with E-state index >= 15 is 0 Å². The molecule has 0 aliphatic carbocycles. The van der Waals surface area contributed by atoms with Gasteiger partial charge in [-0.2, -0.15) is 0 Å². The van der Waals surface area contributed by atoms with Crippen molar-refractivity contribution in [2.75, 3.05) is 12.8 Å². The largest absolute Gasteiger partial charge is 0.351 e. The molecule has 100 valence electrons. The van der Waals surface area contributed by atoms with E-state index in [0.717, 1.165) is 15.6 Å².